The summed E-state index contributed by atoms with van der Waals surface area (Å²) in [5.74, 6) is -1.03. The van der Waals surface area contributed by atoms with Gasteiger partial charge >= 0.3 is 11.9 Å². The Labute approximate surface area is 122 Å². The van der Waals surface area contributed by atoms with Gasteiger partial charge in [-0.1, -0.05) is 24.3 Å². The molecule has 110 valence electrons. The molecule has 0 N–H and O–H groups in total. The van der Waals surface area contributed by atoms with Crippen molar-refractivity contribution in [2.75, 3.05) is 7.11 Å². The van der Waals surface area contributed by atoms with Gasteiger partial charge in [0.1, 0.15) is 5.75 Å². The maximum absolute atomic E-state index is 11.8. The van der Waals surface area contributed by atoms with Crippen LogP contribution in [0.1, 0.15) is 25.3 Å². The lowest BCUT2D eigenvalue weighted by Crippen LogP contribution is -2.15. The van der Waals surface area contributed by atoms with Crippen LogP contribution >= 0.6 is 0 Å². The molecule has 5 heteroatoms. The number of carbonyl (C=O) groups is 2. The Morgan fingerprint density at radius 1 is 1.00 bits per heavy atom. The molecule has 0 aliphatic rings. The third-order valence-corrected chi connectivity index (χ3v) is 3.17. The second kappa shape index (κ2) is 6.26. The maximum Gasteiger partial charge on any atom is 0.362 e. The second-order valence-electron chi connectivity index (χ2n) is 4.67. The highest BCUT2D eigenvalue weighted by Gasteiger charge is 2.19. The molecule has 1 atom stereocenters. The lowest BCUT2D eigenvalue weighted by molar-refractivity contribution is -0.258. The number of fused-ring (bicyclic) bond motifs is 1. The van der Waals surface area contributed by atoms with E-state index >= 15 is 0 Å². The zero-order valence-corrected chi connectivity index (χ0v) is 12.1. The van der Waals surface area contributed by atoms with Gasteiger partial charge in [0.2, 0.25) is 0 Å². The molecule has 2 aromatic rings. The van der Waals surface area contributed by atoms with Crippen LogP contribution in [0, 0.1) is 0 Å². The zero-order chi connectivity index (χ0) is 15.4. The number of rotatable bonds is 3. The Balaban J connectivity index is 2.21. The normalized spacial score (nSPS) is 11.8. The second-order valence-corrected chi connectivity index (χ2v) is 4.67. The Morgan fingerprint density at radius 2 is 1.67 bits per heavy atom. The van der Waals surface area contributed by atoms with Crippen molar-refractivity contribution in [2.45, 2.75) is 19.8 Å². The molecule has 0 radical (unpaired) electrons. The van der Waals surface area contributed by atoms with Gasteiger partial charge in [-0.3, -0.25) is 0 Å². The van der Waals surface area contributed by atoms with Crippen LogP contribution in [0.5, 0.6) is 5.75 Å². The van der Waals surface area contributed by atoms with Crippen LogP contribution in [0.3, 0.4) is 0 Å². The number of hydrogen-bond acceptors (Lipinski definition) is 5. The van der Waals surface area contributed by atoms with Crippen LogP contribution in [0.15, 0.2) is 36.4 Å². The zero-order valence-electron chi connectivity index (χ0n) is 12.1. The van der Waals surface area contributed by atoms with E-state index in [0.717, 1.165) is 22.1 Å². The summed E-state index contributed by atoms with van der Waals surface area (Å²) in [6, 6.07) is 11.3. The van der Waals surface area contributed by atoms with E-state index < -0.39 is 17.9 Å². The fourth-order valence-corrected chi connectivity index (χ4v) is 1.95. The highest BCUT2D eigenvalue weighted by molar-refractivity contribution is 5.86. The van der Waals surface area contributed by atoms with Crippen LogP contribution in [-0.2, 0) is 19.4 Å². The van der Waals surface area contributed by atoms with Crippen LogP contribution in [0.25, 0.3) is 10.8 Å². The summed E-state index contributed by atoms with van der Waals surface area (Å²) in [5.41, 5.74) is 0.782. The van der Waals surface area contributed by atoms with Crippen molar-refractivity contribution < 1.29 is 24.1 Å². The van der Waals surface area contributed by atoms with Gasteiger partial charge in [0.15, 0.2) is 0 Å². The monoisotopic (exact) mass is 288 g/mol. The van der Waals surface area contributed by atoms with E-state index in [1.165, 1.54) is 6.92 Å². The highest BCUT2D eigenvalue weighted by atomic mass is 17.2. The smallest absolute Gasteiger partial charge is 0.362 e. The van der Waals surface area contributed by atoms with Gasteiger partial charge in [0, 0.05) is 6.92 Å². The summed E-state index contributed by atoms with van der Waals surface area (Å²) >= 11 is 0. The molecule has 0 unspecified atom stereocenters. The summed E-state index contributed by atoms with van der Waals surface area (Å²) in [7, 11) is 1.61. The molecule has 5 nitrogen and oxygen atoms in total. The average Bonchev–Trinajstić information content (AvgIpc) is 2.50. The van der Waals surface area contributed by atoms with Gasteiger partial charge in [-0.25, -0.2) is 19.4 Å². The Bertz CT molecular complexity index is 677. The lowest BCUT2D eigenvalue weighted by atomic mass is 9.98. The third-order valence-electron chi connectivity index (χ3n) is 3.17. The first-order valence-electron chi connectivity index (χ1n) is 6.48. The van der Waals surface area contributed by atoms with E-state index in [9.17, 15) is 9.59 Å². The van der Waals surface area contributed by atoms with E-state index in [1.807, 2.05) is 36.4 Å². The van der Waals surface area contributed by atoms with Gasteiger partial charge in [-0.15, -0.1) is 0 Å². The molecule has 0 saturated carbocycles. The third kappa shape index (κ3) is 3.51. The molecule has 0 spiro atoms. The summed E-state index contributed by atoms with van der Waals surface area (Å²) in [5, 5.41) is 2.00. The topological polar surface area (TPSA) is 61.8 Å². The largest absolute Gasteiger partial charge is 0.497 e. The lowest BCUT2D eigenvalue weighted by Gasteiger charge is -2.11. The van der Waals surface area contributed by atoms with Crippen LogP contribution in [0.4, 0.5) is 0 Å². The molecule has 0 aromatic heterocycles. The fourth-order valence-electron chi connectivity index (χ4n) is 1.95. The SMILES string of the molecule is COc1ccc2cc([C@H](C)C(=O)OOC(C)=O)ccc2c1. The molecule has 0 amide bonds. The summed E-state index contributed by atoms with van der Waals surface area (Å²) in [4.78, 5) is 31.1. The molecule has 0 aliphatic carbocycles. The first-order chi connectivity index (χ1) is 10.0. The molecule has 0 aliphatic heterocycles. The van der Waals surface area contributed by atoms with Crippen molar-refractivity contribution >= 4 is 22.7 Å². The van der Waals surface area contributed by atoms with Gasteiger partial charge in [0.25, 0.3) is 0 Å². The van der Waals surface area contributed by atoms with Gasteiger partial charge < -0.3 is 4.74 Å². The number of carbonyl (C=O) groups excluding carboxylic acids is 2. The molecule has 2 aromatic carbocycles. The minimum atomic E-state index is -0.666. The Morgan fingerprint density at radius 3 is 2.33 bits per heavy atom. The average molecular weight is 288 g/mol. The van der Waals surface area contributed by atoms with Crippen molar-refractivity contribution in [2.24, 2.45) is 0 Å². The molecular weight excluding hydrogens is 272 g/mol. The van der Waals surface area contributed by atoms with E-state index in [0.29, 0.717) is 0 Å². The minimum absolute atomic E-state index is 0.532. The first-order valence-corrected chi connectivity index (χ1v) is 6.48. The number of hydrogen-bond donors (Lipinski definition) is 0. The molecule has 0 heterocycles. The van der Waals surface area contributed by atoms with Crippen molar-refractivity contribution in [3.8, 4) is 5.75 Å². The standard InChI is InChI=1S/C16H16O5/c1-10(16(18)21-20-11(2)17)12-4-5-14-9-15(19-3)7-6-13(14)8-12/h4-10H,1-3H3/t10-/m0/s1. The van der Waals surface area contributed by atoms with E-state index in [-0.39, 0.29) is 0 Å². The first kappa shape index (κ1) is 14.8. The van der Waals surface area contributed by atoms with Crippen molar-refractivity contribution in [1.29, 1.82) is 0 Å². The van der Waals surface area contributed by atoms with E-state index in [1.54, 1.807) is 14.0 Å². The van der Waals surface area contributed by atoms with Crippen LogP contribution in [-0.4, -0.2) is 19.0 Å². The van der Waals surface area contributed by atoms with Gasteiger partial charge in [-0.2, -0.15) is 0 Å². The van der Waals surface area contributed by atoms with Gasteiger partial charge in [-0.05, 0) is 35.4 Å². The summed E-state index contributed by atoms with van der Waals surface area (Å²) in [6.07, 6.45) is 0. The number of methoxy groups -OCH3 is 1. The van der Waals surface area contributed by atoms with Crippen molar-refractivity contribution in [1.82, 2.24) is 0 Å². The molecule has 0 bridgehead atoms. The molecular formula is C16H16O5. The Kier molecular flexibility index (Phi) is 4.42. The van der Waals surface area contributed by atoms with Crippen LogP contribution in [0.2, 0.25) is 0 Å². The Hall–Kier alpha value is -2.56. The van der Waals surface area contributed by atoms with Gasteiger partial charge in [0.05, 0.1) is 13.0 Å². The fraction of sp³-hybridized carbons (Fsp3) is 0.250. The highest BCUT2D eigenvalue weighted by Crippen LogP contribution is 2.25. The molecule has 0 fully saturated rings. The minimum Gasteiger partial charge on any atom is -0.497 e. The summed E-state index contributed by atoms with van der Waals surface area (Å²) in [6.45, 7) is 2.86. The predicted octanol–water partition coefficient (Wildman–Crippen LogP) is 2.97. The maximum atomic E-state index is 11.8. The van der Waals surface area contributed by atoms with Crippen molar-refractivity contribution in [3.05, 3.63) is 42.0 Å². The molecule has 2 rings (SSSR count). The number of benzene rings is 2. The summed E-state index contributed by atoms with van der Waals surface area (Å²) < 4.78 is 5.17. The van der Waals surface area contributed by atoms with Crippen molar-refractivity contribution in [3.63, 3.8) is 0 Å². The van der Waals surface area contributed by atoms with E-state index in [2.05, 4.69) is 9.78 Å². The quantitative estimate of drug-likeness (QED) is 0.642. The molecule has 0 saturated heterocycles. The van der Waals surface area contributed by atoms with E-state index in [4.69, 9.17) is 4.74 Å². The van der Waals surface area contributed by atoms with Crippen LogP contribution < -0.4 is 4.74 Å². The number of ether oxygens (including phenoxy) is 1. The molecule has 21 heavy (non-hydrogen) atoms. The predicted molar refractivity (Wildman–Crippen MR) is 76.8 cm³/mol.